The topological polar surface area (TPSA) is 78.5 Å². The lowest BCUT2D eigenvalue weighted by atomic mass is 10.0. The first kappa shape index (κ1) is 13.4. The molecule has 0 aromatic carbocycles. The number of sulfonamides is 1. The van der Waals surface area contributed by atoms with Gasteiger partial charge in [0.05, 0.1) is 0 Å². The molecule has 2 N–H and O–H groups in total. The Kier molecular flexibility index (Phi) is 3.92. The Labute approximate surface area is 96.4 Å². The number of carbonyl (C=O) groups excluding carboxylic acids is 1. The number of amides is 1. The van der Waals surface area contributed by atoms with E-state index in [9.17, 15) is 13.2 Å². The fourth-order valence-electron chi connectivity index (χ4n) is 1.68. The molecule has 1 heterocycles. The highest BCUT2D eigenvalue weighted by Gasteiger charge is 2.30. The first-order chi connectivity index (χ1) is 7.26. The third-order valence-electron chi connectivity index (χ3n) is 2.55. The standard InChI is InChI=1S/C9H19N3O3S/c1-9(2)7-12(5-4-11-9)8(13)6-16(14,15)10-3/h10-11H,4-7H2,1-3H3. The Balaban J connectivity index is 2.62. The molecule has 94 valence electrons. The van der Waals surface area contributed by atoms with Gasteiger partial charge in [0, 0.05) is 25.2 Å². The monoisotopic (exact) mass is 249 g/mol. The van der Waals surface area contributed by atoms with Crippen molar-refractivity contribution in [3.05, 3.63) is 0 Å². The van der Waals surface area contributed by atoms with Crippen molar-refractivity contribution in [1.29, 1.82) is 0 Å². The maximum absolute atomic E-state index is 11.7. The first-order valence-electron chi connectivity index (χ1n) is 5.20. The molecule has 0 aromatic rings. The van der Waals surface area contributed by atoms with E-state index in [2.05, 4.69) is 10.0 Å². The van der Waals surface area contributed by atoms with Crippen LogP contribution in [0, 0.1) is 0 Å². The summed E-state index contributed by atoms with van der Waals surface area (Å²) in [5, 5.41) is 3.26. The van der Waals surface area contributed by atoms with Gasteiger partial charge < -0.3 is 10.2 Å². The van der Waals surface area contributed by atoms with Crippen molar-refractivity contribution in [2.45, 2.75) is 19.4 Å². The van der Waals surface area contributed by atoms with Gasteiger partial charge >= 0.3 is 0 Å². The molecular weight excluding hydrogens is 230 g/mol. The molecule has 0 saturated carbocycles. The van der Waals surface area contributed by atoms with Crippen LogP contribution in [0.3, 0.4) is 0 Å². The van der Waals surface area contributed by atoms with E-state index in [0.29, 0.717) is 19.6 Å². The van der Waals surface area contributed by atoms with Crippen molar-refractivity contribution in [2.24, 2.45) is 0 Å². The number of hydrogen-bond donors (Lipinski definition) is 2. The van der Waals surface area contributed by atoms with E-state index in [1.807, 2.05) is 13.8 Å². The molecule has 7 heteroatoms. The zero-order valence-electron chi connectivity index (χ0n) is 9.91. The average molecular weight is 249 g/mol. The molecule has 6 nitrogen and oxygen atoms in total. The Morgan fingerprint density at radius 1 is 1.50 bits per heavy atom. The van der Waals surface area contributed by atoms with Gasteiger partial charge in [0.1, 0.15) is 5.75 Å². The van der Waals surface area contributed by atoms with E-state index in [4.69, 9.17) is 0 Å². The SMILES string of the molecule is CNS(=O)(=O)CC(=O)N1CCNC(C)(C)C1. The summed E-state index contributed by atoms with van der Waals surface area (Å²) >= 11 is 0. The van der Waals surface area contributed by atoms with E-state index in [1.165, 1.54) is 7.05 Å². The molecule has 0 radical (unpaired) electrons. The van der Waals surface area contributed by atoms with E-state index in [1.54, 1.807) is 4.90 Å². The number of nitrogens with one attached hydrogen (secondary N) is 2. The van der Waals surface area contributed by atoms with E-state index >= 15 is 0 Å². The van der Waals surface area contributed by atoms with Crippen LogP contribution in [-0.2, 0) is 14.8 Å². The number of hydrogen-bond acceptors (Lipinski definition) is 4. The van der Waals surface area contributed by atoms with Crippen LogP contribution < -0.4 is 10.0 Å². The summed E-state index contributed by atoms with van der Waals surface area (Å²) in [6, 6.07) is 0. The minimum Gasteiger partial charge on any atom is -0.339 e. The number of carbonyl (C=O) groups is 1. The van der Waals surface area contributed by atoms with E-state index in [0.717, 1.165) is 0 Å². The summed E-state index contributed by atoms with van der Waals surface area (Å²) in [5.74, 6) is -0.816. The highest BCUT2D eigenvalue weighted by Crippen LogP contribution is 2.10. The van der Waals surface area contributed by atoms with Crippen LogP contribution in [0.2, 0.25) is 0 Å². The van der Waals surface area contributed by atoms with Gasteiger partial charge in [-0.05, 0) is 20.9 Å². The Morgan fingerprint density at radius 3 is 2.62 bits per heavy atom. The fourth-order valence-corrected chi connectivity index (χ4v) is 2.33. The van der Waals surface area contributed by atoms with Gasteiger partial charge in [0.25, 0.3) is 0 Å². The molecule has 1 amide bonds. The first-order valence-corrected chi connectivity index (χ1v) is 6.85. The number of nitrogens with zero attached hydrogens (tertiary/aromatic N) is 1. The molecule has 0 bridgehead atoms. The second-order valence-corrected chi connectivity index (χ2v) is 6.52. The second kappa shape index (κ2) is 4.68. The molecule has 1 fully saturated rings. The van der Waals surface area contributed by atoms with Crippen molar-refractivity contribution in [1.82, 2.24) is 14.9 Å². The largest absolute Gasteiger partial charge is 0.339 e. The van der Waals surface area contributed by atoms with Gasteiger partial charge in [-0.1, -0.05) is 0 Å². The lowest BCUT2D eigenvalue weighted by molar-refractivity contribution is -0.130. The quantitative estimate of drug-likeness (QED) is 0.655. The molecular formula is C9H19N3O3S. The van der Waals surface area contributed by atoms with E-state index < -0.39 is 15.8 Å². The smallest absolute Gasteiger partial charge is 0.239 e. The van der Waals surface area contributed by atoms with Crippen molar-refractivity contribution in [3.63, 3.8) is 0 Å². The zero-order chi connectivity index (χ0) is 12.4. The highest BCUT2D eigenvalue weighted by molar-refractivity contribution is 7.90. The van der Waals surface area contributed by atoms with Gasteiger partial charge in [-0.3, -0.25) is 4.79 Å². The van der Waals surface area contributed by atoms with Crippen LogP contribution in [0.25, 0.3) is 0 Å². The molecule has 0 aromatic heterocycles. The molecule has 1 rings (SSSR count). The van der Waals surface area contributed by atoms with Gasteiger partial charge in [0.2, 0.25) is 15.9 Å². The third kappa shape index (κ3) is 3.73. The normalized spacial score (nSPS) is 20.8. The zero-order valence-corrected chi connectivity index (χ0v) is 10.7. The van der Waals surface area contributed by atoms with Gasteiger partial charge in [-0.2, -0.15) is 0 Å². The fraction of sp³-hybridized carbons (Fsp3) is 0.889. The highest BCUT2D eigenvalue weighted by atomic mass is 32.2. The number of rotatable bonds is 3. The summed E-state index contributed by atoms with van der Waals surface area (Å²) in [7, 11) is -2.16. The molecule has 1 aliphatic heterocycles. The molecule has 0 unspecified atom stereocenters. The maximum atomic E-state index is 11.7. The Morgan fingerprint density at radius 2 is 2.12 bits per heavy atom. The summed E-state index contributed by atoms with van der Waals surface area (Å²) in [5.41, 5.74) is -0.155. The summed E-state index contributed by atoms with van der Waals surface area (Å²) in [4.78, 5) is 13.3. The van der Waals surface area contributed by atoms with Gasteiger partial charge in [0.15, 0.2) is 0 Å². The molecule has 0 spiro atoms. The van der Waals surface area contributed by atoms with Gasteiger partial charge in [-0.15, -0.1) is 0 Å². The summed E-state index contributed by atoms with van der Waals surface area (Å²) < 4.78 is 24.6. The van der Waals surface area contributed by atoms with Crippen LogP contribution in [-0.4, -0.2) is 57.2 Å². The minimum absolute atomic E-state index is 0.155. The number of piperazine rings is 1. The Bertz CT molecular complexity index is 364. The lowest BCUT2D eigenvalue weighted by Crippen LogP contribution is -2.59. The molecule has 0 aliphatic carbocycles. The van der Waals surface area contributed by atoms with Crippen molar-refractivity contribution in [2.75, 3.05) is 32.4 Å². The van der Waals surface area contributed by atoms with Crippen LogP contribution in [0.15, 0.2) is 0 Å². The maximum Gasteiger partial charge on any atom is 0.239 e. The third-order valence-corrected chi connectivity index (χ3v) is 3.80. The van der Waals surface area contributed by atoms with Crippen LogP contribution in [0.1, 0.15) is 13.8 Å². The van der Waals surface area contributed by atoms with Crippen molar-refractivity contribution >= 4 is 15.9 Å². The molecule has 0 atom stereocenters. The van der Waals surface area contributed by atoms with Crippen molar-refractivity contribution < 1.29 is 13.2 Å². The van der Waals surface area contributed by atoms with Crippen LogP contribution >= 0.6 is 0 Å². The van der Waals surface area contributed by atoms with Crippen molar-refractivity contribution in [3.8, 4) is 0 Å². The summed E-state index contributed by atoms with van der Waals surface area (Å²) in [6.07, 6.45) is 0. The second-order valence-electron chi connectivity index (χ2n) is 4.59. The Hall–Kier alpha value is -0.660. The minimum atomic E-state index is -3.47. The molecule has 1 aliphatic rings. The average Bonchev–Trinajstić information content (AvgIpc) is 2.15. The lowest BCUT2D eigenvalue weighted by Gasteiger charge is -2.39. The summed E-state index contributed by atoms with van der Waals surface area (Å²) in [6.45, 7) is 5.75. The van der Waals surface area contributed by atoms with Gasteiger partial charge in [-0.25, -0.2) is 13.1 Å². The van der Waals surface area contributed by atoms with Crippen LogP contribution in [0.4, 0.5) is 0 Å². The molecule has 1 saturated heterocycles. The predicted molar refractivity (Wildman–Crippen MR) is 61.5 cm³/mol. The predicted octanol–water partition coefficient (Wildman–Crippen LogP) is -1.25. The molecule has 16 heavy (non-hydrogen) atoms. The van der Waals surface area contributed by atoms with E-state index in [-0.39, 0.29) is 11.4 Å². The van der Waals surface area contributed by atoms with Crippen LogP contribution in [0.5, 0.6) is 0 Å².